The van der Waals surface area contributed by atoms with Crippen LogP contribution in [0.25, 0.3) is 0 Å². The molecule has 4 nitrogen and oxygen atoms in total. The molecule has 17 heavy (non-hydrogen) atoms. The molecule has 0 amide bonds. The van der Waals surface area contributed by atoms with E-state index < -0.39 is 5.97 Å². The Labute approximate surface area is 102 Å². The van der Waals surface area contributed by atoms with E-state index in [0.29, 0.717) is 6.54 Å². The fourth-order valence-electron chi connectivity index (χ4n) is 2.33. The molecule has 0 saturated carbocycles. The van der Waals surface area contributed by atoms with Crippen molar-refractivity contribution in [3.8, 4) is 0 Å². The number of hydrogen-bond acceptors (Lipinski definition) is 2. The normalized spacial score (nSPS) is 20.1. The zero-order chi connectivity index (χ0) is 12.6. The van der Waals surface area contributed by atoms with Crippen molar-refractivity contribution < 1.29 is 9.90 Å². The summed E-state index contributed by atoms with van der Waals surface area (Å²) in [5.74, 6) is 0.0833. The minimum Gasteiger partial charge on any atom is -0.481 e. The van der Waals surface area contributed by atoms with E-state index in [4.69, 9.17) is 5.11 Å². The van der Waals surface area contributed by atoms with Gasteiger partial charge in [0.1, 0.15) is 5.82 Å². The topological polar surface area (TPSA) is 55.1 Å². The van der Waals surface area contributed by atoms with Crippen LogP contribution in [0.3, 0.4) is 0 Å². The number of hydrogen-bond donors (Lipinski definition) is 1. The molecule has 1 unspecified atom stereocenters. The van der Waals surface area contributed by atoms with Crippen LogP contribution < -0.4 is 0 Å². The molecule has 0 spiro atoms. The Hall–Kier alpha value is -1.32. The summed E-state index contributed by atoms with van der Waals surface area (Å²) in [6.07, 6.45) is 4.35. The molecular formula is C13H20N2O2. The summed E-state index contributed by atoms with van der Waals surface area (Å²) in [7, 11) is 0. The number of carboxylic acids is 1. The Kier molecular flexibility index (Phi) is 2.98. The first-order chi connectivity index (χ1) is 7.87. The molecule has 1 N–H and O–H groups in total. The highest BCUT2D eigenvalue weighted by Gasteiger charge is 2.27. The third kappa shape index (κ3) is 2.68. The van der Waals surface area contributed by atoms with Crippen molar-refractivity contribution in [2.75, 3.05) is 0 Å². The largest absolute Gasteiger partial charge is 0.481 e. The minimum atomic E-state index is -0.689. The molecule has 0 bridgehead atoms. The van der Waals surface area contributed by atoms with Crippen LogP contribution in [-0.2, 0) is 24.2 Å². The molecule has 1 atom stereocenters. The van der Waals surface area contributed by atoms with Gasteiger partial charge in [-0.2, -0.15) is 0 Å². The maximum absolute atomic E-state index is 11.0. The SMILES string of the molecule is CC(C)(C)Cc1ncc2n1CC(C(=O)O)CC2. The van der Waals surface area contributed by atoms with Gasteiger partial charge in [-0.15, -0.1) is 0 Å². The van der Waals surface area contributed by atoms with Crippen molar-refractivity contribution >= 4 is 5.97 Å². The van der Waals surface area contributed by atoms with Crippen molar-refractivity contribution in [1.82, 2.24) is 9.55 Å². The molecule has 1 aromatic rings. The first-order valence-electron chi connectivity index (χ1n) is 6.13. The lowest BCUT2D eigenvalue weighted by Crippen LogP contribution is -2.28. The molecule has 1 aliphatic heterocycles. The van der Waals surface area contributed by atoms with Gasteiger partial charge in [-0.25, -0.2) is 4.98 Å². The number of aliphatic carboxylic acids is 1. The van der Waals surface area contributed by atoms with Gasteiger partial charge in [-0.05, 0) is 18.3 Å². The van der Waals surface area contributed by atoms with E-state index in [1.165, 1.54) is 5.69 Å². The molecular weight excluding hydrogens is 216 g/mol. The van der Waals surface area contributed by atoms with E-state index in [1.807, 2.05) is 6.20 Å². The summed E-state index contributed by atoms with van der Waals surface area (Å²) in [5.41, 5.74) is 1.36. The Morgan fingerprint density at radius 1 is 1.59 bits per heavy atom. The second-order valence-electron chi connectivity index (χ2n) is 6.09. The van der Waals surface area contributed by atoms with Crippen LogP contribution in [0.1, 0.15) is 38.7 Å². The van der Waals surface area contributed by atoms with Crippen LogP contribution >= 0.6 is 0 Å². The summed E-state index contributed by atoms with van der Waals surface area (Å²) in [6, 6.07) is 0. The number of rotatable bonds is 2. The summed E-state index contributed by atoms with van der Waals surface area (Å²) in [4.78, 5) is 15.5. The van der Waals surface area contributed by atoms with Crippen molar-refractivity contribution in [3.05, 3.63) is 17.7 Å². The van der Waals surface area contributed by atoms with Crippen LogP contribution in [0.2, 0.25) is 0 Å². The van der Waals surface area contributed by atoms with Crippen LogP contribution in [0.5, 0.6) is 0 Å². The van der Waals surface area contributed by atoms with Crippen LogP contribution in [0.15, 0.2) is 6.20 Å². The van der Waals surface area contributed by atoms with E-state index in [-0.39, 0.29) is 11.3 Å². The maximum Gasteiger partial charge on any atom is 0.308 e. The highest BCUT2D eigenvalue weighted by Crippen LogP contribution is 2.26. The standard InChI is InChI=1S/C13H20N2O2/c1-13(2,3)6-11-14-7-10-5-4-9(12(16)17)8-15(10)11/h7,9H,4-6,8H2,1-3H3,(H,16,17). The monoisotopic (exact) mass is 236 g/mol. The van der Waals surface area contributed by atoms with Crippen LogP contribution in [0, 0.1) is 11.3 Å². The lowest BCUT2D eigenvalue weighted by Gasteiger charge is -2.24. The molecule has 0 fully saturated rings. The van der Waals surface area contributed by atoms with Gasteiger partial charge in [-0.3, -0.25) is 4.79 Å². The Bertz CT molecular complexity index is 429. The predicted octanol–water partition coefficient (Wildman–Crippen LogP) is 2.12. The lowest BCUT2D eigenvalue weighted by molar-refractivity contribution is -0.142. The third-order valence-corrected chi connectivity index (χ3v) is 3.21. The number of carbonyl (C=O) groups is 1. The summed E-state index contributed by atoms with van der Waals surface area (Å²) >= 11 is 0. The molecule has 0 radical (unpaired) electrons. The lowest BCUT2D eigenvalue weighted by atomic mass is 9.91. The average Bonchev–Trinajstić information content (AvgIpc) is 2.58. The van der Waals surface area contributed by atoms with E-state index in [0.717, 1.165) is 25.1 Å². The fraction of sp³-hybridized carbons (Fsp3) is 0.692. The Morgan fingerprint density at radius 3 is 2.88 bits per heavy atom. The fourth-order valence-corrected chi connectivity index (χ4v) is 2.33. The Balaban J connectivity index is 2.22. The molecule has 1 aliphatic rings. The molecule has 0 aromatic carbocycles. The van der Waals surface area contributed by atoms with Crippen molar-refractivity contribution in [2.24, 2.45) is 11.3 Å². The average molecular weight is 236 g/mol. The predicted molar refractivity (Wildman–Crippen MR) is 64.8 cm³/mol. The quantitative estimate of drug-likeness (QED) is 0.855. The van der Waals surface area contributed by atoms with E-state index >= 15 is 0 Å². The molecule has 2 rings (SSSR count). The van der Waals surface area contributed by atoms with Gasteiger partial charge in [0.2, 0.25) is 0 Å². The number of imidazole rings is 1. The molecule has 0 saturated heterocycles. The van der Waals surface area contributed by atoms with Crippen molar-refractivity contribution in [1.29, 1.82) is 0 Å². The zero-order valence-electron chi connectivity index (χ0n) is 10.7. The van der Waals surface area contributed by atoms with Gasteiger partial charge in [0.05, 0.1) is 5.92 Å². The van der Waals surface area contributed by atoms with E-state index in [2.05, 4.69) is 30.3 Å². The number of nitrogens with zero attached hydrogens (tertiary/aromatic N) is 2. The highest BCUT2D eigenvalue weighted by molar-refractivity contribution is 5.70. The molecule has 4 heteroatoms. The van der Waals surface area contributed by atoms with Gasteiger partial charge in [-0.1, -0.05) is 20.8 Å². The first-order valence-corrected chi connectivity index (χ1v) is 6.13. The highest BCUT2D eigenvalue weighted by atomic mass is 16.4. The first kappa shape index (κ1) is 12.1. The molecule has 2 heterocycles. The smallest absolute Gasteiger partial charge is 0.308 e. The molecule has 0 aliphatic carbocycles. The third-order valence-electron chi connectivity index (χ3n) is 3.21. The summed E-state index contributed by atoms with van der Waals surface area (Å²) in [5, 5.41) is 9.09. The van der Waals surface area contributed by atoms with Crippen molar-refractivity contribution in [2.45, 2.75) is 46.6 Å². The Morgan fingerprint density at radius 2 is 2.29 bits per heavy atom. The second kappa shape index (κ2) is 4.17. The zero-order valence-corrected chi connectivity index (χ0v) is 10.7. The van der Waals surface area contributed by atoms with E-state index in [9.17, 15) is 4.79 Å². The van der Waals surface area contributed by atoms with Gasteiger partial charge < -0.3 is 9.67 Å². The van der Waals surface area contributed by atoms with Gasteiger partial charge in [0.25, 0.3) is 0 Å². The van der Waals surface area contributed by atoms with E-state index in [1.54, 1.807) is 0 Å². The van der Waals surface area contributed by atoms with Crippen molar-refractivity contribution in [3.63, 3.8) is 0 Å². The van der Waals surface area contributed by atoms with Crippen LogP contribution in [0.4, 0.5) is 0 Å². The number of aryl methyl sites for hydroxylation is 1. The van der Waals surface area contributed by atoms with Gasteiger partial charge >= 0.3 is 5.97 Å². The van der Waals surface area contributed by atoms with Crippen LogP contribution in [-0.4, -0.2) is 20.6 Å². The number of aromatic nitrogens is 2. The summed E-state index contributed by atoms with van der Waals surface area (Å²) in [6.45, 7) is 7.10. The summed E-state index contributed by atoms with van der Waals surface area (Å²) < 4.78 is 2.10. The minimum absolute atomic E-state index is 0.179. The number of fused-ring (bicyclic) bond motifs is 1. The molecule has 94 valence electrons. The number of carboxylic acid groups (broad SMARTS) is 1. The maximum atomic E-state index is 11.0. The van der Waals surface area contributed by atoms with Gasteiger partial charge in [0.15, 0.2) is 0 Å². The van der Waals surface area contributed by atoms with Gasteiger partial charge in [0, 0.05) is 24.9 Å². The molecule has 1 aromatic heterocycles. The second-order valence-corrected chi connectivity index (χ2v) is 6.09.